The average Bonchev–Trinajstić information content (AvgIpc) is 2.35. The Morgan fingerprint density at radius 3 is 2.67 bits per heavy atom. The van der Waals surface area contributed by atoms with Crippen molar-refractivity contribution >= 4 is 11.6 Å². The zero-order chi connectivity index (χ0) is 13.6. The molecule has 1 aromatic carbocycles. The van der Waals surface area contributed by atoms with Crippen LogP contribution in [0.15, 0.2) is 18.2 Å². The van der Waals surface area contributed by atoms with E-state index in [4.69, 9.17) is 26.9 Å². The highest BCUT2D eigenvalue weighted by molar-refractivity contribution is 6.30. The van der Waals surface area contributed by atoms with Crippen LogP contribution in [0.1, 0.15) is 32.3 Å². The molecule has 0 aliphatic heterocycles. The van der Waals surface area contributed by atoms with E-state index in [1.807, 2.05) is 13.8 Å². The van der Waals surface area contributed by atoms with Crippen LogP contribution in [0.3, 0.4) is 0 Å². The fourth-order valence-corrected chi connectivity index (χ4v) is 1.62. The molecule has 0 aliphatic carbocycles. The molecule has 0 unspecified atom stereocenters. The van der Waals surface area contributed by atoms with Crippen molar-refractivity contribution in [3.63, 3.8) is 0 Å². The van der Waals surface area contributed by atoms with E-state index in [0.29, 0.717) is 22.9 Å². The van der Waals surface area contributed by atoms with Crippen LogP contribution in [-0.4, -0.2) is 6.61 Å². The van der Waals surface area contributed by atoms with Crippen LogP contribution in [-0.2, 0) is 0 Å². The topological polar surface area (TPSA) is 56.8 Å². The molecule has 0 aliphatic rings. The van der Waals surface area contributed by atoms with Gasteiger partial charge in [0.1, 0.15) is 11.8 Å². The maximum absolute atomic E-state index is 8.92. The molecule has 0 radical (unpaired) electrons. The molecular formula is C14H15ClN2O. The third kappa shape index (κ3) is 4.28. The highest BCUT2D eigenvalue weighted by atomic mass is 35.5. The Labute approximate surface area is 113 Å². The standard InChI is InChI=1S/C14H15ClN2O/c1-14(2,10-17)6-3-7-18-13-8-12(15)5-4-11(13)9-16/h4-5,8H,3,6-7H2,1-2H3. The van der Waals surface area contributed by atoms with E-state index in [2.05, 4.69) is 12.1 Å². The molecule has 4 heteroatoms. The van der Waals surface area contributed by atoms with Gasteiger partial charge < -0.3 is 4.74 Å². The third-order valence-corrected chi connectivity index (χ3v) is 2.81. The summed E-state index contributed by atoms with van der Waals surface area (Å²) in [4.78, 5) is 0. The van der Waals surface area contributed by atoms with E-state index in [0.717, 1.165) is 12.8 Å². The summed E-state index contributed by atoms with van der Waals surface area (Å²) in [5, 5.41) is 18.3. The van der Waals surface area contributed by atoms with E-state index in [1.54, 1.807) is 18.2 Å². The van der Waals surface area contributed by atoms with Gasteiger partial charge in [0.25, 0.3) is 0 Å². The summed E-state index contributed by atoms with van der Waals surface area (Å²) in [5.74, 6) is 0.500. The highest BCUT2D eigenvalue weighted by Gasteiger charge is 2.15. The number of hydrogen-bond acceptors (Lipinski definition) is 3. The van der Waals surface area contributed by atoms with Crippen molar-refractivity contribution in [3.8, 4) is 17.9 Å². The van der Waals surface area contributed by atoms with E-state index >= 15 is 0 Å². The molecule has 0 fully saturated rings. The van der Waals surface area contributed by atoms with Gasteiger partial charge in [0, 0.05) is 11.1 Å². The van der Waals surface area contributed by atoms with E-state index in [-0.39, 0.29) is 5.41 Å². The minimum Gasteiger partial charge on any atom is -0.492 e. The van der Waals surface area contributed by atoms with Gasteiger partial charge in [-0.05, 0) is 38.8 Å². The predicted octanol–water partition coefficient (Wildman–Crippen LogP) is 3.92. The zero-order valence-corrected chi connectivity index (χ0v) is 11.3. The molecule has 1 rings (SSSR count). The number of rotatable bonds is 5. The van der Waals surface area contributed by atoms with Crippen molar-refractivity contribution in [3.05, 3.63) is 28.8 Å². The van der Waals surface area contributed by atoms with Gasteiger partial charge >= 0.3 is 0 Å². The lowest BCUT2D eigenvalue weighted by Crippen LogP contribution is -2.10. The third-order valence-electron chi connectivity index (χ3n) is 2.57. The van der Waals surface area contributed by atoms with Crippen LogP contribution in [0.25, 0.3) is 0 Å². The Morgan fingerprint density at radius 2 is 2.06 bits per heavy atom. The first kappa shape index (κ1) is 14.4. The summed E-state index contributed by atoms with van der Waals surface area (Å²) >= 11 is 5.85. The summed E-state index contributed by atoms with van der Waals surface area (Å²) in [6.45, 7) is 4.26. The summed E-state index contributed by atoms with van der Waals surface area (Å²) < 4.78 is 5.53. The summed E-state index contributed by atoms with van der Waals surface area (Å²) in [6, 6.07) is 9.23. The fraction of sp³-hybridized carbons (Fsp3) is 0.429. The zero-order valence-electron chi connectivity index (χ0n) is 10.5. The second-order valence-corrected chi connectivity index (χ2v) is 5.14. The Balaban J connectivity index is 2.53. The minimum atomic E-state index is -0.338. The molecule has 18 heavy (non-hydrogen) atoms. The smallest absolute Gasteiger partial charge is 0.138 e. The normalized spacial score (nSPS) is 10.5. The Morgan fingerprint density at radius 1 is 1.33 bits per heavy atom. The molecule has 3 nitrogen and oxygen atoms in total. The van der Waals surface area contributed by atoms with Gasteiger partial charge in [-0.25, -0.2) is 0 Å². The van der Waals surface area contributed by atoms with E-state index in [9.17, 15) is 0 Å². The first-order valence-corrected chi connectivity index (χ1v) is 6.10. The van der Waals surface area contributed by atoms with E-state index < -0.39 is 0 Å². The number of nitrogens with zero attached hydrogens (tertiary/aromatic N) is 2. The molecule has 0 heterocycles. The van der Waals surface area contributed by atoms with Crippen molar-refractivity contribution < 1.29 is 4.74 Å². The maximum Gasteiger partial charge on any atom is 0.138 e. The fourth-order valence-electron chi connectivity index (χ4n) is 1.46. The molecule has 0 saturated heterocycles. The molecule has 0 bridgehead atoms. The van der Waals surface area contributed by atoms with Crippen LogP contribution in [0.2, 0.25) is 5.02 Å². The van der Waals surface area contributed by atoms with Crippen molar-refractivity contribution in [2.24, 2.45) is 5.41 Å². The molecule has 0 spiro atoms. The number of halogens is 1. The number of nitriles is 2. The number of hydrogen-bond donors (Lipinski definition) is 0. The number of benzene rings is 1. The average molecular weight is 263 g/mol. The molecule has 0 atom stereocenters. The van der Waals surface area contributed by atoms with Gasteiger partial charge in [-0.3, -0.25) is 0 Å². The van der Waals surface area contributed by atoms with Gasteiger partial charge in [-0.2, -0.15) is 10.5 Å². The van der Waals surface area contributed by atoms with Crippen molar-refractivity contribution in [1.82, 2.24) is 0 Å². The monoisotopic (exact) mass is 262 g/mol. The van der Waals surface area contributed by atoms with Gasteiger partial charge in [-0.1, -0.05) is 11.6 Å². The Bertz CT molecular complexity index is 497. The lowest BCUT2D eigenvalue weighted by atomic mass is 9.90. The second-order valence-electron chi connectivity index (χ2n) is 4.70. The molecule has 0 amide bonds. The second kappa shape index (κ2) is 6.28. The largest absolute Gasteiger partial charge is 0.492 e. The molecule has 94 valence electrons. The molecular weight excluding hydrogens is 248 g/mol. The number of ether oxygens (including phenoxy) is 1. The first-order valence-electron chi connectivity index (χ1n) is 5.72. The molecule has 0 N–H and O–H groups in total. The van der Waals surface area contributed by atoms with Crippen molar-refractivity contribution in [2.75, 3.05) is 6.61 Å². The van der Waals surface area contributed by atoms with Crippen LogP contribution in [0, 0.1) is 28.1 Å². The lowest BCUT2D eigenvalue weighted by molar-refractivity contribution is 0.283. The van der Waals surface area contributed by atoms with Crippen LogP contribution < -0.4 is 4.74 Å². The van der Waals surface area contributed by atoms with E-state index in [1.165, 1.54) is 0 Å². The first-order chi connectivity index (χ1) is 8.48. The van der Waals surface area contributed by atoms with Gasteiger partial charge in [0.15, 0.2) is 0 Å². The highest BCUT2D eigenvalue weighted by Crippen LogP contribution is 2.24. The van der Waals surface area contributed by atoms with Crippen LogP contribution in [0.4, 0.5) is 0 Å². The quantitative estimate of drug-likeness (QED) is 0.756. The minimum absolute atomic E-state index is 0.338. The van der Waals surface area contributed by atoms with Gasteiger partial charge in [0.05, 0.1) is 23.7 Å². The molecule has 1 aromatic rings. The van der Waals surface area contributed by atoms with Crippen molar-refractivity contribution in [2.45, 2.75) is 26.7 Å². The molecule has 0 saturated carbocycles. The van der Waals surface area contributed by atoms with Gasteiger partial charge in [0.2, 0.25) is 0 Å². The van der Waals surface area contributed by atoms with Crippen molar-refractivity contribution in [1.29, 1.82) is 10.5 Å². The predicted molar refractivity (Wildman–Crippen MR) is 70.3 cm³/mol. The Hall–Kier alpha value is -1.71. The van der Waals surface area contributed by atoms with Crippen LogP contribution in [0.5, 0.6) is 5.75 Å². The molecule has 0 aromatic heterocycles. The summed E-state index contributed by atoms with van der Waals surface area (Å²) in [6.07, 6.45) is 1.52. The SMILES string of the molecule is CC(C)(C#N)CCCOc1cc(Cl)ccc1C#N. The maximum atomic E-state index is 8.92. The lowest BCUT2D eigenvalue weighted by Gasteiger charge is -2.15. The summed E-state index contributed by atoms with van der Waals surface area (Å²) in [5.41, 5.74) is 0.134. The van der Waals surface area contributed by atoms with Gasteiger partial charge in [-0.15, -0.1) is 0 Å². The van der Waals surface area contributed by atoms with Crippen LogP contribution >= 0.6 is 11.6 Å². The summed E-state index contributed by atoms with van der Waals surface area (Å²) in [7, 11) is 0. The Kier molecular flexibility index (Phi) is 5.01.